The summed E-state index contributed by atoms with van der Waals surface area (Å²) in [4.78, 5) is 21.2. The molecular formula is C34H38N4O2. The third-order valence-corrected chi connectivity index (χ3v) is 8.59. The van der Waals surface area contributed by atoms with Gasteiger partial charge in [-0.05, 0) is 47.9 Å². The molecule has 1 fully saturated rings. The van der Waals surface area contributed by atoms with Crippen molar-refractivity contribution in [3.63, 3.8) is 0 Å². The highest BCUT2D eigenvalue weighted by atomic mass is 16.5. The maximum atomic E-state index is 14.0. The molecular weight excluding hydrogens is 496 g/mol. The summed E-state index contributed by atoms with van der Waals surface area (Å²) in [6, 6.07) is 31.3. The number of piperazine rings is 1. The van der Waals surface area contributed by atoms with Gasteiger partial charge in [0.1, 0.15) is 5.75 Å². The number of benzene rings is 3. The Morgan fingerprint density at radius 2 is 1.55 bits per heavy atom. The van der Waals surface area contributed by atoms with E-state index in [2.05, 4.69) is 93.2 Å². The average Bonchev–Trinajstić information content (AvgIpc) is 3.43. The third-order valence-electron chi connectivity index (χ3n) is 8.59. The first-order valence-electron chi connectivity index (χ1n) is 14.3. The maximum absolute atomic E-state index is 14.0. The zero-order chi connectivity index (χ0) is 27.5. The number of aromatic nitrogens is 1. The minimum Gasteiger partial charge on any atom is -0.495 e. The summed E-state index contributed by atoms with van der Waals surface area (Å²) < 4.78 is 7.82. The minimum atomic E-state index is -0.0293. The molecule has 2 atom stereocenters. The Bertz CT molecular complexity index is 1440. The normalized spacial score (nSPS) is 19.5. The average molecular weight is 535 g/mol. The molecule has 0 N–H and O–H groups in total. The van der Waals surface area contributed by atoms with Gasteiger partial charge in [0.25, 0.3) is 5.91 Å². The van der Waals surface area contributed by atoms with E-state index in [1.165, 1.54) is 16.8 Å². The molecule has 6 heteroatoms. The van der Waals surface area contributed by atoms with E-state index in [9.17, 15) is 4.79 Å². The topological polar surface area (TPSA) is 41.0 Å². The van der Waals surface area contributed by atoms with Crippen molar-refractivity contribution in [2.75, 3.05) is 51.3 Å². The highest BCUT2D eigenvalue weighted by molar-refractivity contribution is 5.97. The lowest BCUT2D eigenvalue weighted by molar-refractivity contribution is 0.0569. The summed E-state index contributed by atoms with van der Waals surface area (Å²) >= 11 is 0. The number of rotatable bonds is 8. The van der Waals surface area contributed by atoms with Crippen molar-refractivity contribution in [3.8, 4) is 5.75 Å². The Morgan fingerprint density at radius 1 is 0.825 bits per heavy atom. The van der Waals surface area contributed by atoms with Crippen molar-refractivity contribution < 1.29 is 9.53 Å². The van der Waals surface area contributed by atoms with Gasteiger partial charge in [0, 0.05) is 69.7 Å². The lowest BCUT2D eigenvalue weighted by atomic mass is 9.80. The molecule has 6 nitrogen and oxygen atoms in total. The van der Waals surface area contributed by atoms with Crippen LogP contribution < -0.4 is 9.64 Å². The number of anilines is 1. The summed E-state index contributed by atoms with van der Waals surface area (Å²) in [5, 5.41) is 0. The van der Waals surface area contributed by atoms with E-state index >= 15 is 0 Å². The number of carbonyl (C=O) groups is 1. The standard InChI is InChI=1S/C34H38N4O2/c1-35-19-10-16-31(35)33-29(25-36-21-23-37(24-22-36)30-15-8-9-17-32(30)40-2)27-13-6-7-14-28(27)34(39)38(33)20-18-26-11-4-3-5-12-26/h3-17,19,29,33H,18,20-25H2,1-2H3/t29-,33-/m0/s1. The zero-order valence-corrected chi connectivity index (χ0v) is 23.4. The van der Waals surface area contributed by atoms with Gasteiger partial charge in [0.2, 0.25) is 0 Å². The molecule has 0 aliphatic carbocycles. The Kier molecular flexibility index (Phi) is 7.60. The van der Waals surface area contributed by atoms with Crippen LogP contribution in [0.25, 0.3) is 0 Å². The van der Waals surface area contributed by atoms with Gasteiger partial charge in [0.15, 0.2) is 0 Å². The van der Waals surface area contributed by atoms with E-state index in [4.69, 9.17) is 4.74 Å². The third kappa shape index (κ3) is 5.11. The zero-order valence-electron chi connectivity index (χ0n) is 23.4. The van der Waals surface area contributed by atoms with Gasteiger partial charge in [0.05, 0.1) is 18.8 Å². The molecule has 0 unspecified atom stereocenters. The van der Waals surface area contributed by atoms with Crippen LogP contribution in [0.5, 0.6) is 5.75 Å². The van der Waals surface area contributed by atoms with Crippen LogP contribution in [0.4, 0.5) is 5.69 Å². The number of fused-ring (bicyclic) bond motifs is 1. The van der Waals surface area contributed by atoms with Crippen LogP contribution >= 0.6 is 0 Å². The highest BCUT2D eigenvalue weighted by Gasteiger charge is 2.42. The number of ether oxygens (including phenoxy) is 1. The van der Waals surface area contributed by atoms with Gasteiger partial charge in [-0.2, -0.15) is 0 Å². The van der Waals surface area contributed by atoms with Crippen molar-refractivity contribution in [1.29, 1.82) is 0 Å². The SMILES string of the molecule is COc1ccccc1N1CCN(C[C@H]2c3ccccc3C(=O)N(CCc3ccccc3)[C@@H]2c2cccn2C)CC1. The second-order valence-electron chi connectivity index (χ2n) is 10.9. The lowest BCUT2D eigenvalue weighted by Crippen LogP contribution is -2.51. The smallest absolute Gasteiger partial charge is 0.254 e. The summed E-state index contributed by atoms with van der Waals surface area (Å²) in [5.41, 5.74) is 5.62. The molecule has 40 heavy (non-hydrogen) atoms. The van der Waals surface area contributed by atoms with E-state index in [0.717, 1.165) is 56.1 Å². The van der Waals surface area contributed by atoms with Crippen LogP contribution in [0.3, 0.4) is 0 Å². The first kappa shape index (κ1) is 26.2. The Balaban J connectivity index is 1.29. The number of nitrogens with zero attached hydrogens (tertiary/aromatic N) is 4. The van der Waals surface area contributed by atoms with Crippen molar-refractivity contribution in [1.82, 2.24) is 14.4 Å². The largest absolute Gasteiger partial charge is 0.495 e. The number of para-hydroxylation sites is 2. The molecule has 1 aromatic heterocycles. The Hall–Kier alpha value is -4.03. The molecule has 4 aromatic rings. The minimum absolute atomic E-state index is 0.0293. The van der Waals surface area contributed by atoms with Crippen molar-refractivity contribution in [2.24, 2.45) is 7.05 Å². The number of hydrogen-bond donors (Lipinski definition) is 0. The van der Waals surface area contributed by atoms with Crippen LogP contribution in [-0.4, -0.2) is 66.7 Å². The van der Waals surface area contributed by atoms with Gasteiger partial charge in [-0.25, -0.2) is 0 Å². The van der Waals surface area contributed by atoms with Crippen molar-refractivity contribution in [2.45, 2.75) is 18.4 Å². The molecule has 2 aliphatic rings. The van der Waals surface area contributed by atoms with Gasteiger partial charge in [-0.15, -0.1) is 0 Å². The van der Waals surface area contributed by atoms with Crippen molar-refractivity contribution in [3.05, 3.63) is 120 Å². The van der Waals surface area contributed by atoms with E-state index < -0.39 is 0 Å². The molecule has 206 valence electrons. The molecule has 0 bridgehead atoms. The molecule has 0 radical (unpaired) electrons. The molecule has 6 rings (SSSR count). The molecule has 0 saturated carbocycles. The predicted octanol–water partition coefficient (Wildman–Crippen LogP) is 5.38. The lowest BCUT2D eigenvalue weighted by Gasteiger charge is -2.45. The van der Waals surface area contributed by atoms with E-state index in [1.54, 1.807) is 7.11 Å². The van der Waals surface area contributed by atoms with Crippen LogP contribution in [0, 0.1) is 0 Å². The van der Waals surface area contributed by atoms with Crippen LogP contribution in [0.15, 0.2) is 97.2 Å². The van der Waals surface area contributed by atoms with Gasteiger partial charge in [-0.3, -0.25) is 9.69 Å². The molecule has 2 aliphatic heterocycles. The number of aryl methyl sites for hydroxylation is 1. The fraction of sp³-hybridized carbons (Fsp3) is 0.324. The Labute approximate surface area is 237 Å². The van der Waals surface area contributed by atoms with E-state index in [1.807, 2.05) is 30.3 Å². The van der Waals surface area contributed by atoms with Crippen LogP contribution in [0.2, 0.25) is 0 Å². The fourth-order valence-electron chi connectivity index (χ4n) is 6.50. The van der Waals surface area contributed by atoms with E-state index in [0.29, 0.717) is 6.54 Å². The number of carbonyl (C=O) groups excluding carboxylic acids is 1. The monoisotopic (exact) mass is 534 g/mol. The summed E-state index contributed by atoms with van der Waals surface area (Å²) in [5.74, 6) is 1.24. The van der Waals surface area contributed by atoms with E-state index in [-0.39, 0.29) is 17.9 Å². The molecule has 0 spiro atoms. The van der Waals surface area contributed by atoms with Crippen LogP contribution in [0.1, 0.15) is 39.1 Å². The second-order valence-corrected chi connectivity index (χ2v) is 10.9. The molecule has 1 amide bonds. The summed E-state index contributed by atoms with van der Waals surface area (Å²) in [7, 11) is 3.84. The van der Waals surface area contributed by atoms with Gasteiger partial charge >= 0.3 is 0 Å². The van der Waals surface area contributed by atoms with Gasteiger partial charge < -0.3 is 19.1 Å². The first-order chi connectivity index (χ1) is 19.6. The summed E-state index contributed by atoms with van der Waals surface area (Å²) in [6.07, 6.45) is 2.93. The fourth-order valence-corrected chi connectivity index (χ4v) is 6.50. The molecule has 1 saturated heterocycles. The van der Waals surface area contributed by atoms with Gasteiger partial charge in [-0.1, -0.05) is 60.7 Å². The highest BCUT2D eigenvalue weighted by Crippen LogP contribution is 2.43. The molecule has 3 heterocycles. The summed E-state index contributed by atoms with van der Waals surface area (Å²) in [6.45, 7) is 5.41. The Morgan fingerprint density at radius 3 is 2.30 bits per heavy atom. The number of methoxy groups -OCH3 is 1. The number of amides is 1. The van der Waals surface area contributed by atoms with Crippen LogP contribution in [-0.2, 0) is 13.5 Å². The quantitative estimate of drug-likeness (QED) is 0.304. The predicted molar refractivity (Wildman–Crippen MR) is 160 cm³/mol. The van der Waals surface area contributed by atoms with Crippen molar-refractivity contribution >= 4 is 11.6 Å². The first-order valence-corrected chi connectivity index (χ1v) is 14.3. The maximum Gasteiger partial charge on any atom is 0.254 e. The second kappa shape index (κ2) is 11.6. The number of hydrogen-bond acceptors (Lipinski definition) is 4. The molecule has 3 aromatic carbocycles.